The van der Waals surface area contributed by atoms with E-state index >= 15 is 0 Å². The van der Waals surface area contributed by atoms with Crippen LogP contribution in [-0.2, 0) is 11.2 Å². The molecule has 3 nitrogen and oxygen atoms in total. The third kappa shape index (κ3) is 2.24. The van der Waals surface area contributed by atoms with Gasteiger partial charge in [-0.1, -0.05) is 30.0 Å². The maximum absolute atomic E-state index is 11.1. The Morgan fingerprint density at radius 1 is 1.37 bits per heavy atom. The molecule has 2 aromatic rings. The normalized spacial score (nSPS) is 14.4. The van der Waals surface area contributed by atoms with Gasteiger partial charge in [0, 0.05) is 17.5 Å². The molecule has 1 unspecified atom stereocenters. The molecule has 1 N–H and O–H groups in total. The molecule has 4 heteroatoms. The van der Waals surface area contributed by atoms with Crippen molar-refractivity contribution in [2.75, 3.05) is 0 Å². The molecule has 0 bridgehead atoms. The van der Waals surface area contributed by atoms with Crippen LogP contribution in [0.15, 0.2) is 46.5 Å². The van der Waals surface area contributed by atoms with E-state index in [-0.39, 0.29) is 0 Å². The van der Waals surface area contributed by atoms with Crippen LogP contribution in [0.25, 0.3) is 0 Å². The lowest BCUT2D eigenvalue weighted by molar-refractivity contribution is -0.138. The van der Waals surface area contributed by atoms with Crippen molar-refractivity contribution in [3.8, 4) is 0 Å². The van der Waals surface area contributed by atoms with Gasteiger partial charge < -0.3 is 5.11 Å². The molecular weight excluding hydrogens is 258 g/mol. The van der Waals surface area contributed by atoms with Crippen LogP contribution in [0.3, 0.4) is 0 Å². The Morgan fingerprint density at radius 2 is 2.21 bits per heavy atom. The fourth-order valence-corrected chi connectivity index (χ4v) is 3.20. The summed E-state index contributed by atoms with van der Waals surface area (Å²) in [5.74, 6) is -1.25. The lowest BCUT2D eigenvalue weighted by atomic mass is 9.96. The molecule has 0 aliphatic carbocycles. The molecule has 3 rings (SSSR count). The molecule has 96 valence electrons. The van der Waals surface area contributed by atoms with E-state index in [0.717, 1.165) is 17.0 Å². The van der Waals surface area contributed by atoms with E-state index in [2.05, 4.69) is 11.1 Å². The van der Waals surface area contributed by atoms with Crippen molar-refractivity contribution in [3.63, 3.8) is 0 Å². The Balaban J connectivity index is 1.98. The van der Waals surface area contributed by atoms with Crippen molar-refractivity contribution in [3.05, 3.63) is 53.2 Å². The Labute approximate surface area is 115 Å². The number of carbonyl (C=O) groups is 1. The van der Waals surface area contributed by atoms with Gasteiger partial charge in [0.25, 0.3) is 0 Å². The maximum atomic E-state index is 11.1. The van der Waals surface area contributed by atoms with Crippen molar-refractivity contribution >= 4 is 17.7 Å². The van der Waals surface area contributed by atoms with Gasteiger partial charge in [-0.05, 0) is 35.7 Å². The summed E-state index contributed by atoms with van der Waals surface area (Å²) in [5, 5.41) is 10.1. The van der Waals surface area contributed by atoms with Gasteiger partial charge in [0.2, 0.25) is 0 Å². The molecule has 1 aliphatic rings. The average molecular weight is 271 g/mol. The van der Waals surface area contributed by atoms with Gasteiger partial charge in [-0.15, -0.1) is 0 Å². The number of aromatic nitrogens is 1. The number of nitrogens with zero attached hydrogens (tertiary/aromatic N) is 1. The van der Waals surface area contributed by atoms with Crippen molar-refractivity contribution in [2.24, 2.45) is 0 Å². The fraction of sp³-hybridized carbons (Fsp3) is 0.200. The second kappa shape index (κ2) is 4.70. The van der Waals surface area contributed by atoms with E-state index in [1.807, 2.05) is 24.3 Å². The molecule has 0 saturated heterocycles. The molecule has 19 heavy (non-hydrogen) atoms. The highest BCUT2D eigenvalue weighted by atomic mass is 32.2. The topological polar surface area (TPSA) is 50.2 Å². The zero-order chi connectivity index (χ0) is 13.4. The minimum Gasteiger partial charge on any atom is -0.481 e. The largest absolute Gasteiger partial charge is 0.481 e. The van der Waals surface area contributed by atoms with Gasteiger partial charge in [-0.25, -0.2) is 4.98 Å². The zero-order valence-corrected chi connectivity index (χ0v) is 11.3. The van der Waals surface area contributed by atoms with Crippen LogP contribution < -0.4 is 0 Å². The fourth-order valence-electron chi connectivity index (χ4n) is 2.21. The van der Waals surface area contributed by atoms with Crippen molar-refractivity contribution in [1.82, 2.24) is 4.98 Å². The van der Waals surface area contributed by atoms with E-state index in [1.54, 1.807) is 24.9 Å². The van der Waals surface area contributed by atoms with Crippen LogP contribution in [0, 0.1) is 0 Å². The van der Waals surface area contributed by atoms with Crippen LogP contribution in [0.2, 0.25) is 0 Å². The lowest BCUT2D eigenvalue weighted by Gasteiger charge is -2.19. The zero-order valence-electron chi connectivity index (χ0n) is 10.5. The molecule has 1 aromatic carbocycles. The number of rotatable bonds is 2. The number of carboxylic acids is 1. The molecular formula is C15H13NO2S. The SMILES string of the molecule is CC(C(=O)O)c1ccc2c(c1)Cc1cccnc1S2. The highest BCUT2D eigenvalue weighted by Gasteiger charge is 2.20. The number of carboxylic acid groups (broad SMARTS) is 1. The summed E-state index contributed by atoms with van der Waals surface area (Å²) in [6.45, 7) is 1.72. The van der Waals surface area contributed by atoms with Gasteiger partial charge in [0.1, 0.15) is 5.03 Å². The first-order chi connectivity index (χ1) is 9.15. The Bertz CT molecular complexity index is 654. The number of aliphatic carboxylic acids is 1. The molecule has 1 aliphatic heterocycles. The molecule has 0 spiro atoms. The van der Waals surface area contributed by atoms with Crippen LogP contribution in [0.1, 0.15) is 29.5 Å². The predicted octanol–water partition coefficient (Wildman–Crippen LogP) is 3.33. The number of hydrogen-bond acceptors (Lipinski definition) is 3. The highest BCUT2D eigenvalue weighted by Crippen LogP contribution is 2.39. The molecule has 0 amide bonds. The van der Waals surface area contributed by atoms with Crippen LogP contribution in [-0.4, -0.2) is 16.1 Å². The first-order valence-corrected chi connectivity index (χ1v) is 6.94. The first kappa shape index (κ1) is 12.2. The molecule has 0 saturated carbocycles. The van der Waals surface area contributed by atoms with Crippen molar-refractivity contribution < 1.29 is 9.90 Å². The summed E-state index contributed by atoms with van der Waals surface area (Å²) in [7, 11) is 0. The van der Waals surface area contributed by atoms with Crippen molar-refractivity contribution in [1.29, 1.82) is 0 Å². The van der Waals surface area contributed by atoms with Gasteiger partial charge >= 0.3 is 5.97 Å². The van der Waals surface area contributed by atoms with E-state index in [4.69, 9.17) is 5.11 Å². The van der Waals surface area contributed by atoms with Crippen LogP contribution in [0.5, 0.6) is 0 Å². The number of pyridine rings is 1. The molecule has 2 heterocycles. The maximum Gasteiger partial charge on any atom is 0.310 e. The summed E-state index contributed by atoms with van der Waals surface area (Å²) < 4.78 is 0. The minimum atomic E-state index is -0.787. The summed E-state index contributed by atoms with van der Waals surface area (Å²) in [6, 6.07) is 9.93. The summed E-state index contributed by atoms with van der Waals surface area (Å²) in [5.41, 5.74) is 3.26. The number of benzene rings is 1. The standard InChI is InChI=1S/C15H13NO2S/c1-9(15(17)18)10-4-5-13-12(7-10)8-11-3-2-6-16-14(11)19-13/h2-7,9H,8H2,1H3,(H,17,18). The second-order valence-corrected chi connectivity index (χ2v) is 5.70. The van der Waals surface area contributed by atoms with E-state index in [9.17, 15) is 4.79 Å². The Kier molecular flexibility index (Phi) is 3.03. The van der Waals surface area contributed by atoms with Gasteiger partial charge in [-0.2, -0.15) is 0 Å². The smallest absolute Gasteiger partial charge is 0.310 e. The Morgan fingerprint density at radius 3 is 3.00 bits per heavy atom. The monoisotopic (exact) mass is 271 g/mol. The number of hydrogen-bond donors (Lipinski definition) is 1. The van der Waals surface area contributed by atoms with E-state index < -0.39 is 11.9 Å². The minimum absolute atomic E-state index is 0.467. The third-order valence-electron chi connectivity index (χ3n) is 3.39. The summed E-state index contributed by atoms with van der Waals surface area (Å²) >= 11 is 1.65. The Hall–Kier alpha value is -1.81. The quantitative estimate of drug-likeness (QED) is 0.776. The summed E-state index contributed by atoms with van der Waals surface area (Å²) in [4.78, 5) is 16.6. The van der Waals surface area contributed by atoms with Gasteiger partial charge in [0.15, 0.2) is 0 Å². The van der Waals surface area contributed by atoms with Crippen molar-refractivity contribution in [2.45, 2.75) is 29.2 Å². The van der Waals surface area contributed by atoms with Crippen LogP contribution >= 0.6 is 11.8 Å². The third-order valence-corrected chi connectivity index (χ3v) is 4.57. The molecule has 0 fully saturated rings. The molecule has 0 radical (unpaired) electrons. The second-order valence-electron chi connectivity index (χ2n) is 4.67. The predicted molar refractivity (Wildman–Crippen MR) is 73.7 cm³/mol. The summed E-state index contributed by atoms with van der Waals surface area (Å²) in [6.07, 6.45) is 2.63. The van der Waals surface area contributed by atoms with Gasteiger partial charge in [-0.3, -0.25) is 4.79 Å². The molecule has 1 atom stereocenters. The lowest BCUT2D eigenvalue weighted by Crippen LogP contribution is -2.09. The average Bonchev–Trinajstić information content (AvgIpc) is 2.43. The molecule has 1 aromatic heterocycles. The highest BCUT2D eigenvalue weighted by molar-refractivity contribution is 7.99. The van der Waals surface area contributed by atoms with E-state index in [0.29, 0.717) is 0 Å². The number of fused-ring (bicyclic) bond motifs is 2. The van der Waals surface area contributed by atoms with Gasteiger partial charge in [0.05, 0.1) is 5.92 Å². The van der Waals surface area contributed by atoms with Crippen LogP contribution in [0.4, 0.5) is 0 Å². The van der Waals surface area contributed by atoms with E-state index in [1.165, 1.54) is 16.0 Å². The first-order valence-electron chi connectivity index (χ1n) is 6.12.